The van der Waals surface area contributed by atoms with E-state index in [0.717, 1.165) is 0 Å². The van der Waals surface area contributed by atoms with Gasteiger partial charge in [0.1, 0.15) is 6.04 Å². The molecule has 2 fully saturated rings. The van der Waals surface area contributed by atoms with Crippen LogP contribution in [0.1, 0.15) is 12.8 Å². The molecule has 0 bridgehead atoms. The number of carbonyl (C=O) groups excluding carboxylic acids is 1. The molecular weight excluding hydrogens is 431 g/mol. The Balaban J connectivity index is 2.37. The fraction of sp³-hybridized carbons (Fsp3) is 0.917. The van der Waals surface area contributed by atoms with Gasteiger partial charge in [-0.1, -0.05) is 22.6 Å². The summed E-state index contributed by atoms with van der Waals surface area (Å²) in [5.74, 6) is -5.50. The number of methoxy groups -OCH3 is 1. The van der Waals surface area contributed by atoms with Crippen molar-refractivity contribution in [2.24, 2.45) is 11.8 Å². The molecular formula is C12H14F6INO2. The zero-order chi connectivity index (χ0) is 16.9. The first-order valence-corrected chi connectivity index (χ1v) is 7.82. The predicted molar refractivity (Wildman–Crippen MR) is 72.6 cm³/mol. The van der Waals surface area contributed by atoms with E-state index in [0.29, 0.717) is 6.42 Å². The van der Waals surface area contributed by atoms with E-state index >= 15 is 0 Å². The lowest BCUT2D eigenvalue weighted by atomic mass is 9.75. The Morgan fingerprint density at radius 3 is 2.23 bits per heavy atom. The van der Waals surface area contributed by atoms with Gasteiger partial charge < -0.3 is 10.1 Å². The molecule has 1 heterocycles. The maximum absolute atomic E-state index is 13.1. The van der Waals surface area contributed by atoms with Gasteiger partial charge in [0.05, 0.1) is 12.0 Å². The van der Waals surface area contributed by atoms with Gasteiger partial charge in [-0.25, -0.2) is 0 Å². The van der Waals surface area contributed by atoms with Crippen molar-refractivity contribution in [2.45, 2.75) is 47.3 Å². The second-order valence-corrected chi connectivity index (χ2v) is 7.21. The molecule has 128 valence electrons. The highest BCUT2D eigenvalue weighted by Crippen LogP contribution is 2.47. The van der Waals surface area contributed by atoms with Crippen molar-refractivity contribution in [3.63, 3.8) is 0 Å². The minimum absolute atomic E-state index is 0.00668. The second-order valence-electron chi connectivity index (χ2n) is 5.61. The first-order chi connectivity index (χ1) is 9.96. The summed E-state index contributed by atoms with van der Waals surface area (Å²) in [5, 5.41) is 2.22. The minimum Gasteiger partial charge on any atom is -0.381 e. The van der Waals surface area contributed by atoms with Crippen LogP contribution >= 0.6 is 22.6 Å². The van der Waals surface area contributed by atoms with Crippen molar-refractivity contribution in [1.82, 2.24) is 5.32 Å². The van der Waals surface area contributed by atoms with Crippen LogP contribution in [0.4, 0.5) is 26.3 Å². The summed E-state index contributed by atoms with van der Waals surface area (Å²) >= 11 is 1.90. The molecule has 2 aliphatic rings. The molecule has 0 spiro atoms. The third kappa shape index (κ3) is 3.37. The standard InChI is InChI=1S/C12H14F6INO2/c1-22-4-2-5-7(10(21)12(16,17)18)9(11(13,14)15)20-8(5)6(19)3-4/h4-9,20H,2-3H2,1H3. The third-order valence-corrected chi connectivity index (χ3v) is 5.62. The van der Waals surface area contributed by atoms with Crippen LogP contribution in [0.25, 0.3) is 0 Å². The number of ketones is 1. The Kier molecular flexibility index (Phi) is 5.04. The highest BCUT2D eigenvalue weighted by molar-refractivity contribution is 14.1. The van der Waals surface area contributed by atoms with Gasteiger partial charge in [0.15, 0.2) is 0 Å². The van der Waals surface area contributed by atoms with Crippen LogP contribution in [0.5, 0.6) is 0 Å². The first-order valence-electron chi connectivity index (χ1n) is 6.57. The second kappa shape index (κ2) is 6.08. The van der Waals surface area contributed by atoms with Crippen LogP contribution in [-0.4, -0.2) is 47.4 Å². The van der Waals surface area contributed by atoms with Gasteiger partial charge in [0, 0.05) is 17.1 Å². The molecule has 0 amide bonds. The maximum atomic E-state index is 13.1. The van der Waals surface area contributed by atoms with Crippen molar-refractivity contribution >= 4 is 28.4 Å². The van der Waals surface area contributed by atoms with Gasteiger partial charge in [-0.05, 0) is 18.8 Å². The first kappa shape index (κ1) is 18.2. The molecule has 6 unspecified atom stereocenters. The van der Waals surface area contributed by atoms with Crippen LogP contribution in [0.2, 0.25) is 0 Å². The number of rotatable bonds is 2. The molecule has 22 heavy (non-hydrogen) atoms. The molecule has 0 aromatic rings. The Bertz CT molecular complexity index is 440. The van der Waals surface area contributed by atoms with Crippen molar-refractivity contribution in [1.29, 1.82) is 0 Å². The monoisotopic (exact) mass is 445 g/mol. The smallest absolute Gasteiger partial charge is 0.381 e. The lowest BCUT2D eigenvalue weighted by Gasteiger charge is -2.36. The van der Waals surface area contributed by atoms with E-state index in [2.05, 4.69) is 5.32 Å². The number of carbonyl (C=O) groups is 1. The number of halogens is 7. The molecule has 1 N–H and O–H groups in total. The average Bonchev–Trinajstić information content (AvgIpc) is 2.76. The highest BCUT2D eigenvalue weighted by atomic mass is 127. The Hall–Kier alpha value is -0.100. The minimum atomic E-state index is -5.29. The molecule has 1 aliphatic heterocycles. The van der Waals surface area contributed by atoms with Gasteiger partial charge >= 0.3 is 12.4 Å². The summed E-state index contributed by atoms with van der Waals surface area (Å²) in [7, 11) is 1.36. The van der Waals surface area contributed by atoms with E-state index in [4.69, 9.17) is 4.74 Å². The van der Waals surface area contributed by atoms with E-state index in [1.165, 1.54) is 7.11 Å². The molecule has 1 saturated carbocycles. The van der Waals surface area contributed by atoms with Gasteiger partial charge in [0.25, 0.3) is 0 Å². The van der Waals surface area contributed by atoms with E-state index in [9.17, 15) is 31.1 Å². The molecule has 0 radical (unpaired) electrons. The Labute approximate surface area is 136 Å². The number of fused-ring (bicyclic) bond motifs is 1. The summed E-state index contributed by atoms with van der Waals surface area (Å²) in [6.07, 6.45) is -10.2. The number of hydrogen-bond acceptors (Lipinski definition) is 3. The van der Waals surface area contributed by atoms with E-state index in [1.54, 1.807) is 0 Å². The zero-order valence-electron chi connectivity index (χ0n) is 11.3. The fourth-order valence-electron chi connectivity index (χ4n) is 3.39. The topological polar surface area (TPSA) is 38.3 Å². The van der Waals surface area contributed by atoms with Crippen molar-refractivity contribution in [3.05, 3.63) is 0 Å². The van der Waals surface area contributed by atoms with Crippen LogP contribution < -0.4 is 5.32 Å². The molecule has 1 saturated heterocycles. The molecule has 2 rings (SSSR count). The lowest BCUT2D eigenvalue weighted by Crippen LogP contribution is -2.48. The van der Waals surface area contributed by atoms with E-state index in [1.807, 2.05) is 22.6 Å². The fourth-order valence-corrected chi connectivity index (χ4v) is 4.70. The maximum Gasteiger partial charge on any atom is 0.450 e. The SMILES string of the molecule is COC1CC(I)C2NC(C(F)(F)F)C(C(=O)C(F)(F)F)C2C1. The van der Waals surface area contributed by atoms with Gasteiger partial charge in [-0.3, -0.25) is 4.79 Å². The average molecular weight is 445 g/mol. The molecule has 10 heteroatoms. The Morgan fingerprint density at radius 1 is 1.18 bits per heavy atom. The number of ether oxygens (including phenoxy) is 1. The quantitative estimate of drug-likeness (QED) is 0.404. The molecule has 3 nitrogen and oxygen atoms in total. The van der Waals surface area contributed by atoms with Crippen molar-refractivity contribution in [2.75, 3.05) is 7.11 Å². The highest BCUT2D eigenvalue weighted by Gasteiger charge is 2.63. The molecule has 0 aromatic carbocycles. The van der Waals surface area contributed by atoms with Gasteiger partial charge in [0.2, 0.25) is 5.78 Å². The van der Waals surface area contributed by atoms with Gasteiger partial charge in [-0.15, -0.1) is 0 Å². The van der Waals surface area contributed by atoms with E-state index in [-0.39, 0.29) is 10.3 Å². The summed E-state index contributed by atoms with van der Waals surface area (Å²) in [5.41, 5.74) is 0. The van der Waals surface area contributed by atoms with E-state index < -0.39 is 48.2 Å². The third-order valence-electron chi connectivity index (χ3n) is 4.33. The number of nitrogens with one attached hydrogen (secondary N) is 1. The van der Waals surface area contributed by atoms with Crippen LogP contribution in [-0.2, 0) is 9.53 Å². The predicted octanol–water partition coefficient (Wildman–Crippen LogP) is 2.87. The zero-order valence-corrected chi connectivity index (χ0v) is 13.5. The van der Waals surface area contributed by atoms with Crippen LogP contribution in [0.3, 0.4) is 0 Å². The molecule has 6 atom stereocenters. The normalized spacial score (nSPS) is 39.6. The van der Waals surface area contributed by atoms with Crippen molar-refractivity contribution < 1.29 is 35.9 Å². The summed E-state index contributed by atoms with van der Waals surface area (Å²) < 4.78 is 82.2. The van der Waals surface area contributed by atoms with Crippen molar-refractivity contribution in [3.8, 4) is 0 Å². The number of hydrogen-bond donors (Lipinski definition) is 1. The number of Topliss-reactive ketones (excluding diaryl/α,β-unsaturated/α-hetero) is 1. The summed E-state index contributed by atoms with van der Waals surface area (Å²) in [4.78, 5) is 11.6. The molecule has 0 aromatic heterocycles. The molecule has 1 aliphatic carbocycles. The summed E-state index contributed by atoms with van der Waals surface area (Å²) in [6, 6.07) is -3.25. The lowest BCUT2D eigenvalue weighted by molar-refractivity contribution is -0.192. The van der Waals surface area contributed by atoms with Gasteiger partial charge in [-0.2, -0.15) is 26.3 Å². The Morgan fingerprint density at radius 2 is 1.77 bits per heavy atom. The largest absolute Gasteiger partial charge is 0.450 e. The number of alkyl halides is 7. The van der Waals surface area contributed by atoms with Crippen LogP contribution in [0, 0.1) is 11.8 Å². The summed E-state index contributed by atoms with van der Waals surface area (Å²) in [6.45, 7) is 0. The van der Waals surface area contributed by atoms with Crippen LogP contribution in [0.15, 0.2) is 0 Å².